The van der Waals surface area contributed by atoms with Crippen molar-refractivity contribution in [3.63, 3.8) is 0 Å². The number of pyridine rings is 1. The summed E-state index contributed by atoms with van der Waals surface area (Å²) in [5.74, 6) is 0.885. The lowest BCUT2D eigenvalue weighted by atomic mass is 10.1. The van der Waals surface area contributed by atoms with E-state index in [0.29, 0.717) is 0 Å². The molecular weight excluding hydrogens is 254 g/mol. The van der Waals surface area contributed by atoms with Crippen LogP contribution in [0.2, 0.25) is 0 Å². The van der Waals surface area contributed by atoms with Crippen LogP contribution < -0.4 is 11.1 Å². The Morgan fingerprint density at radius 1 is 1.21 bits per heavy atom. The summed E-state index contributed by atoms with van der Waals surface area (Å²) < 4.78 is 0. The van der Waals surface area contributed by atoms with Gasteiger partial charge in [-0.05, 0) is 59.6 Å². The third kappa shape index (κ3) is 2.53. The van der Waals surface area contributed by atoms with Crippen molar-refractivity contribution in [3.05, 3.63) is 52.7 Å². The Morgan fingerprint density at radius 2 is 2.11 bits per heavy atom. The maximum Gasteiger partial charge on any atom is 0.127 e. The number of aromatic nitrogens is 1. The molecule has 0 aliphatic carbocycles. The smallest absolute Gasteiger partial charge is 0.127 e. The van der Waals surface area contributed by atoms with E-state index in [-0.39, 0.29) is 6.04 Å². The molecule has 3 N–H and O–H groups in total. The number of hydrogen-bond donors (Lipinski definition) is 2. The first-order valence-electron chi connectivity index (χ1n) is 6.17. The van der Waals surface area contributed by atoms with Crippen LogP contribution in [0.1, 0.15) is 18.5 Å². The molecule has 96 valence electrons. The van der Waals surface area contributed by atoms with Crippen molar-refractivity contribution in [3.8, 4) is 0 Å². The number of nitrogens with zero attached hydrogens (tertiary/aromatic N) is 1. The monoisotopic (exact) mass is 269 g/mol. The average molecular weight is 269 g/mol. The Kier molecular flexibility index (Phi) is 3.09. The van der Waals surface area contributed by atoms with E-state index in [2.05, 4.69) is 34.1 Å². The molecule has 1 aromatic carbocycles. The predicted octanol–water partition coefficient (Wildman–Crippen LogP) is 4.05. The Bertz CT molecular complexity index is 692. The third-order valence-electron chi connectivity index (χ3n) is 3.12. The van der Waals surface area contributed by atoms with E-state index in [1.54, 1.807) is 11.3 Å². The molecule has 19 heavy (non-hydrogen) atoms. The molecule has 0 radical (unpaired) electrons. The van der Waals surface area contributed by atoms with Gasteiger partial charge in [0.2, 0.25) is 0 Å². The van der Waals surface area contributed by atoms with Crippen LogP contribution in [-0.2, 0) is 0 Å². The molecular formula is C15H15N3S. The van der Waals surface area contributed by atoms with Gasteiger partial charge in [-0.3, -0.25) is 0 Å². The number of nitrogens with one attached hydrogen (secondary N) is 1. The van der Waals surface area contributed by atoms with Gasteiger partial charge in [-0.25, -0.2) is 4.98 Å². The van der Waals surface area contributed by atoms with Crippen LogP contribution in [0.15, 0.2) is 47.2 Å². The van der Waals surface area contributed by atoms with Crippen molar-refractivity contribution in [2.24, 2.45) is 0 Å². The van der Waals surface area contributed by atoms with Gasteiger partial charge >= 0.3 is 0 Å². The van der Waals surface area contributed by atoms with Gasteiger partial charge in [0.1, 0.15) is 5.82 Å². The zero-order valence-electron chi connectivity index (χ0n) is 10.6. The lowest BCUT2D eigenvalue weighted by Crippen LogP contribution is -2.06. The third-order valence-corrected chi connectivity index (χ3v) is 3.82. The highest BCUT2D eigenvalue weighted by molar-refractivity contribution is 7.07. The lowest BCUT2D eigenvalue weighted by molar-refractivity contribution is 0.882. The first-order valence-corrected chi connectivity index (χ1v) is 7.11. The van der Waals surface area contributed by atoms with Gasteiger partial charge in [0.25, 0.3) is 0 Å². The summed E-state index contributed by atoms with van der Waals surface area (Å²) in [4.78, 5) is 4.60. The second-order valence-electron chi connectivity index (χ2n) is 4.57. The zero-order chi connectivity index (χ0) is 13.2. The fourth-order valence-electron chi connectivity index (χ4n) is 2.05. The van der Waals surface area contributed by atoms with E-state index < -0.39 is 0 Å². The maximum absolute atomic E-state index is 5.76. The number of rotatable bonds is 3. The minimum Gasteiger partial charge on any atom is -0.399 e. The average Bonchev–Trinajstić information content (AvgIpc) is 2.93. The fraction of sp³-hybridized carbons (Fsp3) is 0.133. The second kappa shape index (κ2) is 4.90. The van der Waals surface area contributed by atoms with Gasteiger partial charge in [0, 0.05) is 11.1 Å². The molecule has 1 atom stereocenters. The summed E-state index contributed by atoms with van der Waals surface area (Å²) in [6, 6.07) is 12.2. The highest BCUT2D eigenvalue weighted by Crippen LogP contribution is 2.22. The minimum atomic E-state index is 0.255. The molecule has 1 unspecified atom stereocenters. The highest BCUT2D eigenvalue weighted by Gasteiger charge is 2.06. The molecule has 3 nitrogen and oxygen atoms in total. The molecule has 0 amide bonds. The van der Waals surface area contributed by atoms with Crippen molar-refractivity contribution in [2.75, 3.05) is 11.1 Å². The van der Waals surface area contributed by atoms with Crippen molar-refractivity contribution in [1.82, 2.24) is 4.98 Å². The van der Waals surface area contributed by atoms with E-state index in [9.17, 15) is 0 Å². The first kappa shape index (κ1) is 12.0. The Balaban J connectivity index is 1.87. The number of hydrogen-bond acceptors (Lipinski definition) is 4. The molecule has 3 aromatic rings. The van der Waals surface area contributed by atoms with E-state index in [0.717, 1.165) is 22.4 Å². The van der Waals surface area contributed by atoms with Gasteiger partial charge in [-0.1, -0.05) is 0 Å². The van der Waals surface area contributed by atoms with Crippen LogP contribution in [0.3, 0.4) is 0 Å². The van der Waals surface area contributed by atoms with Crippen LogP contribution in [0.5, 0.6) is 0 Å². The van der Waals surface area contributed by atoms with Gasteiger partial charge in [0.05, 0.1) is 11.6 Å². The predicted molar refractivity (Wildman–Crippen MR) is 82.5 cm³/mol. The molecule has 0 aliphatic heterocycles. The Morgan fingerprint density at radius 3 is 2.89 bits per heavy atom. The molecule has 3 rings (SSSR count). The minimum absolute atomic E-state index is 0.255. The summed E-state index contributed by atoms with van der Waals surface area (Å²) in [5.41, 5.74) is 8.77. The number of nitrogens with two attached hydrogens (primary N) is 1. The highest BCUT2D eigenvalue weighted by atomic mass is 32.1. The van der Waals surface area contributed by atoms with Gasteiger partial charge in [-0.15, -0.1) is 0 Å². The lowest BCUT2D eigenvalue weighted by Gasteiger charge is -2.13. The molecule has 2 heterocycles. The zero-order valence-corrected chi connectivity index (χ0v) is 11.4. The summed E-state index contributed by atoms with van der Waals surface area (Å²) >= 11 is 1.71. The molecule has 0 saturated heterocycles. The summed E-state index contributed by atoms with van der Waals surface area (Å²) in [6.45, 7) is 2.14. The molecule has 0 aliphatic rings. The van der Waals surface area contributed by atoms with E-state index in [1.807, 2.05) is 30.3 Å². The summed E-state index contributed by atoms with van der Waals surface area (Å²) in [5, 5.41) is 8.72. The number of nitrogen functional groups attached to an aromatic ring is 1. The first-order chi connectivity index (χ1) is 9.22. The Hall–Kier alpha value is -2.07. The van der Waals surface area contributed by atoms with E-state index in [4.69, 9.17) is 5.73 Å². The van der Waals surface area contributed by atoms with Crippen LogP contribution >= 0.6 is 11.3 Å². The number of benzene rings is 1. The standard InChI is InChI=1S/C15H15N3S/c1-10(12-6-7-19-9-12)17-15-5-2-11-8-13(16)3-4-14(11)18-15/h2-10H,16H2,1H3,(H,17,18). The summed E-state index contributed by atoms with van der Waals surface area (Å²) in [6.07, 6.45) is 0. The van der Waals surface area contributed by atoms with E-state index in [1.165, 1.54) is 5.56 Å². The molecule has 0 bridgehead atoms. The number of fused-ring (bicyclic) bond motifs is 1. The summed E-state index contributed by atoms with van der Waals surface area (Å²) in [7, 11) is 0. The Labute approximate surface area is 116 Å². The SMILES string of the molecule is CC(Nc1ccc2cc(N)ccc2n1)c1ccsc1. The second-order valence-corrected chi connectivity index (χ2v) is 5.35. The fourth-order valence-corrected chi connectivity index (χ4v) is 2.81. The molecule has 0 spiro atoms. The van der Waals surface area contributed by atoms with Gasteiger partial charge in [0.15, 0.2) is 0 Å². The van der Waals surface area contributed by atoms with Crippen LogP contribution in [0.4, 0.5) is 11.5 Å². The largest absolute Gasteiger partial charge is 0.399 e. The molecule has 2 aromatic heterocycles. The van der Waals surface area contributed by atoms with Crippen molar-refractivity contribution in [2.45, 2.75) is 13.0 Å². The van der Waals surface area contributed by atoms with Crippen LogP contribution in [0, 0.1) is 0 Å². The van der Waals surface area contributed by atoms with Crippen molar-refractivity contribution in [1.29, 1.82) is 0 Å². The van der Waals surface area contributed by atoms with Gasteiger partial charge < -0.3 is 11.1 Å². The quantitative estimate of drug-likeness (QED) is 0.705. The van der Waals surface area contributed by atoms with Crippen LogP contribution in [0.25, 0.3) is 10.9 Å². The topological polar surface area (TPSA) is 50.9 Å². The van der Waals surface area contributed by atoms with E-state index >= 15 is 0 Å². The van der Waals surface area contributed by atoms with Crippen LogP contribution in [-0.4, -0.2) is 4.98 Å². The van der Waals surface area contributed by atoms with Gasteiger partial charge in [-0.2, -0.15) is 11.3 Å². The van der Waals surface area contributed by atoms with Crippen molar-refractivity contribution >= 4 is 33.7 Å². The molecule has 4 heteroatoms. The number of thiophene rings is 1. The number of anilines is 2. The molecule has 0 fully saturated rings. The maximum atomic E-state index is 5.76. The van der Waals surface area contributed by atoms with Crippen molar-refractivity contribution < 1.29 is 0 Å². The molecule has 0 saturated carbocycles. The normalized spacial score (nSPS) is 12.5.